The quantitative estimate of drug-likeness (QED) is 0.681. The molecule has 1 saturated carbocycles. The van der Waals surface area contributed by atoms with Crippen LogP contribution in [0.25, 0.3) is 11.0 Å². The molecule has 3 rings (SSSR count). The van der Waals surface area contributed by atoms with Crippen LogP contribution in [0.5, 0.6) is 0 Å². The second kappa shape index (κ2) is 6.34. The predicted octanol–water partition coefficient (Wildman–Crippen LogP) is 3.55. The van der Waals surface area contributed by atoms with Crippen molar-refractivity contribution in [3.8, 4) is 0 Å². The van der Waals surface area contributed by atoms with Crippen molar-refractivity contribution in [2.75, 3.05) is 0 Å². The Bertz CT molecular complexity index is 740. The van der Waals surface area contributed by atoms with Crippen molar-refractivity contribution in [3.05, 3.63) is 45.8 Å². The minimum absolute atomic E-state index is 0.0994. The zero-order chi connectivity index (χ0) is 15.5. The second-order valence-corrected chi connectivity index (χ2v) is 6.15. The van der Waals surface area contributed by atoms with E-state index in [9.17, 15) is 9.59 Å². The van der Waals surface area contributed by atoms with Crippen molar-refractivity contribution < 1.29 is 9.21 Å². The van der Waals surface area contributed by atoms with E-state index in [4.69, 9.17) is 4.42 Å². The number of hydrogen-bond acceptors (Lipinski definition) is 3. The lowest BCUT2D eigenvalue weighted by molar-refractivity contribution is 0.0930. The van der Waals surface area contributed by atoms with Gasteiger partial charge in [0.1, 0.15) is 11.1 Å². The summed E-state index contributed by atoms with van der Waals surface area (Å²) in [6.07, 6.45) is 6.70. The van der Waals surface area contributed by atoms with Gasteiger partial charge in [-0.3, -0.25) is 4.79 Å². The van der Waals surface area contributed by atoms with Crippen molar-refractivity contribution in [1.82, 2.24) is 5.32 Å². The Morgan fingerprint density at radius 3 is 2.59 bits per heavy atom. The highest BCUT2D eigenvalue weighted by molar-refractivity contribution is 5.96. The fraction of sp³-hybridized carbons (Fsp3) is 0.444. The molecule has 1 aliphatic carbocycles. The van der Waals surface area contributed by atoms with Crippen molar-refractivity contribution in [3.63, 3.8) is 0 Å². The van der Waals surface area contributed by atoms with Crippen molar-refractivity contribution in [1.29, 1.82) is 0 Å². The molecule has 0 bridgehead atoms. The zero-order valence-electron chi connectivity index (χ0n) is 12.9. The highest BCUT2D eigenvalue weighted by atomic mass is 16.4. The zero-order valence-corrected chi connectivity index (χ0v) is 12.9. The molecule has 1 aromatic heterocycles. The van der Waals surface area contributed by atoms with Crippen LogP contribution < -0.4 is 10.9 Å². The molecule has 0 atom stereocenters. The molecule has 22 heavy (non-hydrogen) atoms. The molecule has 0 unspecified atom stereocenters. The average molecular weight is 299 g/mol. The molecule has 1 amide bonds. The van der Waals surface area contributed by atoms with Gasteiger partial charge in [-0.05, 0) is 38.0 Å². The van der Waals surface area contributed by atoms with Crippen LogP contribution in [0.2, 0.25) is 0 Å². The summed E-state index contributed by atoms with van der Waals surface area (Å²) in [6.45, 7) is 1.97. The van der Waals surface area contributed by atoms with Gasteiger partial charge in [-0.25, -0.2) is 4.79 Å². The highest BCUT2D eigenvalue weighted by Crippen LogP contribution is 2.18. The van der Waals surface area contributed by atoms with E-state index >= 15 is 0 Å². The van der Waals surface area contributed by atoms with Gasteiger partial charge in [0.05, 0.1) is 0 Å². The molecule has 1 fully saturated rings. The largest absolute Gasteiger partial charge is 0.422 e. The summed E-state index contributed by atoms with van der Waals surface area (Å²) in [7, 11) is 0. The molecule has 1 aliphatic rings. The minimum atomic E-state index is -0.567. The number of nitrogens with one attached hydrogen (secondary N) is 1. The molecule has 4 nitrogen and oxygen atoms in total. The number of rotatable bonds is 2. The van der Waals surface area contributed by atoms with Gasteiger partial charge in [0, 0.05) is 11.4 Å². The summed E-state index contributed by atoms with van der Waals surface area (Å²) in [6, 6.07) is 7.37. The van der Waals surface area contributed by atoms with E-state index in [0.717, 1.165) is 36.6 Å². The lowest BCUT2D eigenvalue weighted by atomic mass is 10.1. The topological polar surface area (TPSA) is 59.3 Å². The first kappa shape index (κ1) is 14.8. The highest BCUT2D eigenvalue weighted by Gasteiger charge is 2.19. The molecular formula is C18H21NO3. The first-order valence-electron chi connectivity index (χ1n) is 7.99. The maximum absolute atomic E-state index is 12.4. The Labute approximate surface area is 129 Å². The fourth-order valence-electron chi connectivity index (χ4n) is 3.09. The Morgan fingerprint density at radius 2 is 1.86 bits per heavy atom. The van der Waals surface area contributed by atoms with E-state index in [1.165, 1.54) is 12.8 Å². The van der Waals surface area contributed by atoms with Crippen LogP contribution in [0.4, 0.5) is 0 Å². The molecule has 1 aromatic carbocycles. The summed E-state index contributed by atoms with van der Waals surface area (Å²) in [4.78, 5) is 24.4. The van der Waals surface area contributed by atoms with Gasteiger partial charge in [-0.1, -0.05) is 37.3 Å². The molecule has 116 valence electrons. The molecule has 1 heterocycles. The maximum atomic E-state index is 12.4. The van der Waals surface area contributed by atoms with Gasteiger partial charge in [0.2, 0.25) is 0 Å². The van der Waals surface area contributed by atoms with Gasteiger partial charge in [-0.15, -0.1) is 0 Å². The van der Waals surface area contributed by atoms with E-state index in [-0.39, 0.29) is 17.5 Å². The third-order valence-corrected chi connectivity index (χ3v) is 4.32. The summed E-state index contributed by atoms with van der Waals surface area (Å²) >= 11 is 0. The molecule has 0 aliphatic heterocycles. The van der Waals surface area contributed by atoms with Crippen molar-refractivity contribution in [2.24, 2.45) is 0 Å². The van der Waals surface area contributed by atoms with Crippen LogP contribution >= 0.6 is 0 Å². The number of benzene rings is 1. The second-order valence-electron chi connectivity index (χ2n) is 6.15. The maximum Gasteiger partial charge on any atom is 0.349 e. The van der Waals surface area contributed by atoms with Crippen LogP contribution in [0.3, 0.4) is 0 Å². The molecule has 0 saturated heterocycles. The van der Waals surface area contributed by atoms with Gasteiger partial charge >= 0.3 is 5.63 Å². The van der Waals surface area contributed by atoms with E-state index in [1.807, 2.05) is 19.1 Å². The van der Waals surface area contributed by atoms with Gasteiger partial charge in [0.25, 0.3) is 5.91 Å². The first-order chi connectivity index (χ1) is 10.6. The number of hydrogen-bond donors (Lipinski definition) is 1. The summed E-state index contributed by atoms with van der Waals surface area (Å²) in [5.41, 5.74) is 1.11. The number of carbonyl (C=O) groups is 1. The Hall–Kier alpha value is -2.10. The minimum Gasteiger partial charge on any atom is -0.422 e. The molecular weight excluding hydrogens is 278 g/mol. The molecule has 0 radical (unpaired) electrons. The van der Waals surface area contributed by atoms with Crippen molar-refractivity contribution >= 4 is 16.9 Å². The number of carbonyl (C=O) groups excluding carboxylic acids is 1. The normalized spacial score (nSPS) is 16.4. The van der Waals surface area contributed by atoms with Crippen LogP contribution in [0, 0.1) is 6.92 Å². The van der Waals surface area contributed by atoms with E-state index in [2.05, 4.69) is 5.32 Å². The number of amides is 1. The Balaban J connectivity index is 1.86. The SMILES string of the molecule is Cc1ccc2oc(=O)c(C(=O)NC3CCCCCC3)cc2c1. The first-order valence-corrected chi connectivity index (χ1v) is 7.99. The number of aryl methyl sites for hydroxylation is 1. The molecule has 2 aromatic rings. The average Bonchev–Trinajstić information content (AvgIpc) is 2.75. The van der Waals surface area contributed by atoms with Gasteiger partial charge in [-0.2, -0.15) is 0 Å². The van der Waals surface area contributed by atoms with Crippen LogP contribution in [0.15, 0.2) is 33.5 Å². The third kappa shape index (κ3) is 3.21. The lowest BCUT2D eigenvalue weighted by Gasteiger charge is -2.15. The smallest absolute Gasteiger partial charge is 0.349 e. The number of fused-ring (bicyclic) bond motifs is 1. The van der Waals surface area contributed by atoms with Crippen LogP contribution in [-0.2, 0) is 0 Å². The summed E-state index contributed by atoms with van der Waals surface area (Å²) in [5, 5.41) is 3.78. The summed E-state index contributed by atoms with van der Waals surface area (Å²) in [5.74, 6) is -0.316. The Kier molecular flexibility index (Phi) is 4.27. The van der Waals surface area contributed by atoms with Gasteiger partial charge < -0.3 is 9.73 Å². The van der Waals surface area contributed by atoms with Crippen molar-refractivity contribution in [2.45, 2.75) is 51.5 Å². The Morgan fingerprint density at radius 1 is 1.14 bits per heavy atom. The monoisotopic (exact) mass is 299 g/mol. The fourth-order valence-corrected chi connectivity index (χ4v) is 3.09. The third-order valence-electron chi connectivity index (χ3n) is 4.32. The standard InChI is InChI=1S/C18H21NO3/c1-12-8-9-16-13(10-12)11-15(18(21)22-16)17(20)19-14-6-4-2-3-5-7-14/h8-11,14H,2-7H2,1H3,(H,19,20). The molecule has 4 heteroatoms. The van der Waals surface area contributed by atoms with Crippen LogP contribution in [-0.4, -0.2) is 11.9 Å². The van der Waals surface area contributed by atoms with E-state index in [0.29, 0.717) is 5.58 Å². The van der Waals surface area contributed by atoms with Crippen LogP contribution in [0.1, 0.15) is 54.4 Å². The van der Waals surface area contributed by atoms with E-state index in [1.54, 1.807) is 12.1 Å². The lowest BCUT2D eigenvalue weighted by Crippen LogP contribution is -2.36. The molecule has 1 N–H and O–H groups in total. The molecule has 0 spiro atoms. The van der Waals surface area contributed by atoms with Gasteiger partial charge in [0.15, 0.2) is 0 Å². The van der Waals surface area contributed by atoms with E-state index < -0.39 is 5.63 Å². The predicted molar refractivity (Wildman–Crippen MR) is 86.2 cm³/mol. The summed E-state index contributed by atoms with van der Waals surface area (Å²) < 4.78 is 5.27.